The van der Waals surface area contributed by atoms with Crippen molar-refractivity contribution in [3.05, 3.63) is 0 Å². The third kappa shape index (κ3) is 10.7. The van der Waals surface area contributed by atoms with E-state index in [1.807, 2.05) is 20.8 Å². The highest BCUT2D eigenvalue weighted by Crippen LogP contribution is 2.17. The number of hydrogen-bond donors (Lipinski definition) is 0. The highest BCUT2D eigenvalue weighted by atomic mass is 16.5. The van der Waals surface area contributed by atoms with Crippen LogP contribution in [0.5, 0.6) is 0 Å². The molecule has 0 aromatic heterocycles. The Labute approximate surface area is 112 Å². The van der Waals surface area contributed by atoms with E-state index < -0.39 is 0 Å². The van der Waals surface area contributed by atoms with Crippen LogP contribution >= 0.6 is 0 Å². The predicted molar refractivity (Wildman–Crippen MR) is 74.8 cm³/mol. The Morgan fingerprint density at radius 2 is 1.44 bits per heavy atom. The average molecular weight is 258 g/mol. The summed E-state index contributed by atoms with van der Waals surface area (Å²) in [4.78, 5) is 11.6. The second-order valence-corrected chi connectivity index (χ2v) is 7.00. The Balaban J connectivity index is 3.35. The maximum Gasteiger partial charge on any atom is 0.163 e. The predicted octanol–water partition coefficient (Wildman–Crippen LogP) is 3.46. The molecule has 0 rings (SSSR count). The van der Waals surface area contributed by atoms with Gasteiger partial charge >= 0.3 is 0 Å². The molecule has 3 nitrogen and oxygen atoms in total. The molecular formula is C15H30O3. The van der Waals surface area contributed by atoms with Gasteiger partial charge < -0.3 is 9.47 Å². The fourth-order valence-electron chi connectivity index (χ4n) is 1.12. The van der Waals surface area contributed by atoms with Gasteiger partial charge in [0.05, 0.1) is 0 Å². The molecule has 0 saturated carbocycles. The zero-order valence-electron chi connectivity index (χ0n) is 13.0. The zero-order valence-corrected chi connectivity index (χ0v) is 13.0. The molecule has 3 heteroatoms. The molecule has 108 valence electrons. The molecule has 0 aromatic carbocycles. The normalized spacial score (nSPS) is 12.8. The second kappa shape index (κ2) is 7.90. The van der Waals surface area contributed by atoms with Gasteiger partial charge in [0, 0.05) is 25.2 Å². The molecule has 0 radical (unpaired) electrons. The Hall–Kier alpha value is -0.410. The monoisotopic (exact) mass is 258 g/mol. The van der Waals surface area contributed by atoms with Crippen molar-refractivity contribution in [3.8, 4) is 0 Å². The van der Waals surface area contributed by atoms with Crippen molar-refractivity contribution in [1.29, 1.82) is 0 Å². The van der Waals surface area contributed by atoms with Gasteiger partial charge in [0.2, 0.25) is 0 Å². The van der Waals surface area contributed by atoms with Gasteiger partial charge in [-0.15, -0.1) is 0 Å². The van der Waals surface area contributed by atoms with Crippen LogP contribution in [0.3, 0.4) is 0 Å². The topological polar surface area (TPSA) is 35.5 Å². The van der Waals surface area contributed by atoms with E-state index in [-0.39, 0.29) is 17.8 Å². The van der Waals surface area contributed by atoms with Crippen molar-refractivity contribution in [1.82, 2.24) is 0 Å². The summed E-state index contributed by atoms with van der Waals surface area (Å²) < 4.78 is 10.9. The van der Waals surface area contributed by atoms with Crippen LogP contribution in [0, 0.1) is 10.8 Å². The summed E-state index contributed by atoms with van der Waals surface area (Å²) in [7, 11) is 0. The highest BCUT2D eigenvalue weighted by molar-refractivity contribution is 5.84. The molecule has 0 aliphatic heterocycles. The van der Waals surface area contributed by atoms with Crippen LogP contribution < -0.4 is 0 Å². The first-order valence-electron chi connectivity index (χ1n) is 6.82. The van der Waals surface area contributed by atoms with Gasteiger partial charge in [-0.05, 0) is 18.3 Å². The van der Waals surface area contributed by atoms with Gasteiger partial charge in [-0.1, -0.05) is 41.5 Å². The summed E-state index contributed by atoms with van der Waals surface area (Å²) in [5.41, 5.74) is 0.0266. The third-order valence-corrected chi connectivity index (χ3v) is 2.64. The van der Waals surface area contributed by atoms with Crippen LogP contribution in [-0.2, 0) is 14.3 Å². The Morgan fingerprint density at radius 3 is 1.94 bits per heavy atom. The lowest BCUT2D eigenvalue weighted by atomic mass is 9.91. The summed E-state index contributed by atoms with van der Waals surface area (Å²) in [6, 6.07) is 0. The molecular weight excluding hydrogens is 228 g/mol. The second-order valence-electron chi connectivity index (χ2n) is 7.00. The molecule has 0 heterocycles. The number of hydrogen-bond acceptors (Lipinski definition) is 3. The number of ether oxygens (including phenoxy) is 2. The molecule has 0 bridgehead atoms. The van der Waals surface area contributed by atoms with E-state index in [4.69, 9.17) is 9.47 Å². The fourth-order valence-corrected chi connectivity index (χ4v) is 1.12. The maximum absolute atomic E-state index is 11.6. The lowest BCUT2D eigenvalue weighted by Crippen LogP contribution is -2.25. The van der Waals surface area contributed by atoms with Gasteiger partial charge in [-0.3, -0.25) is 4.79 Å². The molecule has 0 aliphatic rings. The average Bonchev–Trinajstić information content (AvgIpc) is 2.18. The summed E-state index contributed by atoms with van der Waals surface area (Å²) in [5.74, 6) is 0.149. The van der Waals surface area contributed by atoms with Crippen molar-refractivity contribution in [2.45, 2.75) is 54.4 Å². The Kier molecular flexibility index (Phi) is 7.72. The molecule has 0 atom stereocenters. The molecule has 0 spiro atoms. The van der Waals surface area contributed by atoms with E-state index in [0.29, 0.717) is 18.6 Å². The largest absolute Gasteiger partial charge is 0.381 e. The van der Waals surface area contributed by atoms with E-state index >= 15 is 0 Å². The molecule has 0 saturated heterocycles. The van der Waals surface area contributed by atoms with Gasteiger partial charge in [-0.2, -0.15) is 0 Å². The first kappa shape index (κ1) is 17.6. The van der Waals surface area contributed by atoms with Crippen molar-refractivity contribution in [2.24, 2.45) is 10.8 Å². The van der Waals surface area contributed by atoms with Crippen molar-refractivity contribution in [3.63, 3.8) is 0 Å². The first-order valence-corrected chi connectivity index (χ1v) is 6.82. The minimum atomic E-state index is -0.302. The molecule has 0 amide bonds. The molecule has 0 aliphatic carbocycles. The van der Waals surface area contributed by atoms with Crippen LogP contribution in [0.15, 0.2) is 0 Å². The minimum absolute atomic E-state index is 0.149. The SMILES string of the molecule is CC(C)(C)CCOCCCOCC(=O)C(C)(C)C. The standard InChI is InChI=1S/C15H30O3/c1-14(2,3)8-11-17-9-7-10-18-12-13(16)15(4,5)6/h7-12H2,1-6H3. The van der Waals surface area contributed by atoms with E-state index in [2.05, 4.69) is 20.8 Å². The summed E-state index contributed by atoms with van der Waals surface area (Å²) in [5, 5.41) is 0. The molecule has 0 aromatic rings. The lowest BCUT2D eigenvalue weighted by molar-refractivity contribution is -0.131. The highest BCUT2D eigenvalue weighted by Gasteiger charge is 2.20. The smallest absolute Gasteiger partial charge is 0.163 e. The first-order chi connectivity index (χ1) is 8.13. The quantitative estimate of drug-likeness (QED) is 0.625. The summed E-state index contributed by atoms with van der Waals surface area (Å²) >= 11 is 0. The van der Waals surface area contributed by atoms with Crippen LogP contribution in [0.1, 0.15) is 54.4 Å². The number of ketones is 1. The fraction of sp³-hybridized carbons (Fsp3) is 0.933. The van der Waals surface area contributed by atoms with Crippen LogP contribution in [-0.4, -0.2) is 32.2 Å². The number of carbonyl (C=O) groups is 1. The zero-order chi connectivity index (χ0) is 14.2. The number of rotatable bonds is 8. The van der Waals surface area contributed by atoms with E-state index in [1.54, 1.807) is 0 Å². The summed E-state index contributed by atoms with van der Waals surface area (Å²) in [6.45, 7) is 14.7. The van der Waals surface area contributed by atoms with Gasteiger partial charge in [0.1, 0.15) is 6.61 Å². The van der Waals surface area contributed by atoms with Crippen molar-refractivity contribution in [2.75, 3.05) is 26.4 Å². The van der Waals surface area contributed by atoms with Crippen molar-refractivity contribution < 1.29 is 14.3 Å². The van der Waals surface area contributed by atoms with Crippen molar-refractivity contribution >= 4 is 5.78 Å². The van der Waals surface area contributed by atoms with E-state index in [0.717, 1.165) is 19.4 Å². The maximum atomic E-state index is 11.6. The Bertz CT molecular complexity index is 233. The molecule has 0 unspecified atom stereocenters. The summed E-state index contributed by atoms with van der Waals surface area (Å²) in [6.07, 6.45) is 1.91. The Morgan fingerprint density at radius 1 is 0.889 bits per heavy atom. The van der Waals surface area contributed by atoms with Crippen LogP contribution in [0.2, 0.25) is 0 Å². The third-order valence-electron chi connectivity index (χ3n) is 2.64. The van der Waals surface area contributed by atoms with Crippen LogP contribution in [0.4, 0.5) is 0 Å². The van der Waals surface area contributed by atoms with Gasteiger partial charge in [0.15, 0.2) is 5.78 Å². The van der Waals surface area contributed by atoms with E-state index in [9.17, 15) is 4.79 Å². The van der Waals surface area contributed by atoms with Crippen LogP contribution in [0.25, 0.3) is 0 Å². The van der Waals surface area contributed by atoms with Gasteiger partial charge in [-0.25, -0.2) is 0 Å². The number of carbonyl (C=O) groups excluding carboxylic acids is 1. The number of Topliss-reactive ketones (excluding diaryl/α,β-unsaturated/α-hetero) is 1. The molecule has 0 N–H and O–H groups in total. The minimum Gasteiger partial charge on any atom is -0.381 e. The molecule has 0 fully saturated rings. The molecule has 18 heavy (non-hydrogen) atoms. The van der Waals surface area contributed by atoms with E-state index in [1.165, 1.54) is 0 Å². The van der Waals surface area contributed by atoms with Gasteiger partial charge in [0.25, 0.3) is 0 Å². The lowest BCUT2D eigenvalue weighted by Gasteiger charge is -2.18.